The van der Waals surface area contributed by atoms with Gasteiger partial charge in [0.25, 0.3) is 6.20 Å². The fraction of sp³-hybridized carbons (Fsp3) is 0.571. The molecule has 0 aliphatic carbocycles. The minimum Gasteiger partial charge on any atom is -0.539 e. The van der Waals surface area contributed by atoms with Crippen LogP contribution in [-0.4, -0.2) is 48.7 Å². The first kappa shape index (κ1) is 20.3. The Hall–Kier alpha value is -2.41. The van der Waals surface area contributed by atoms with Crippen LogP contribution in [0.4, 0.5) is 0 Å². The summed E-state index contributed by atoms with van der Waals surface area (Å²) in [5.74, 6) is 0.438. The van der Waals surface area contributed by atoms with Gasteiger partial charge in [0, 0.05) is 29.4 Å². The Morgan fingerprint density at radius 3 is 2.54 bits per heavy atom. The van der Waals surface area contributed by atoms with Crippen LogP contribution < -0.4 is 14.9 Å². The lowest BCUT2D eigenvalue weighted by atomic mass is 9.86. The maximum Gasteiger partial charge on any atom is 0.255 e. The first-order valence-corrected chi connectivity index (χ1v) is 10.2. The van der Waals surface area contributed by atoms with Crippen molar-refractivity contribution in [2.45, 2.75) is 33.1 Å². The lowest BCUT2D eigenvalue weighted by Crippen LogP contribution is -2.65. The van der Waals surface area contributed by atoms with Crippen molar-refractivity contribution in [1.29, 1.82) is 0 Å². The van der Waals surface area contributed by atoms with E-state index in [-0.39, 0.29) is 11.7 Å². The number of hydrogen-bond donors (Lipinski definition) is 0. The van der Waals surface area contributed by atoms with Gasteiger partial charge in [0.2, 0.25) is 0 Å². The molecule has 1 unspecified atom stereocenters. The molecule has 7 nitrogen and oxygen atoms in total. The van der Waals surface area contributed by atoms with Crippen LogP contribution in [0.2, 0.25) is 0 Å². The van der Waals surface area contributed by atoms with Crippen molar-refractivity contribution in [1.82, 2.24) is 10.2 Å². The Morgan fingerprint density at radius 2 is 1.93 bits per heavy atom. The Balaban J connectivity index is 1.46. The lowest BCUT2D eigenvalue weighted by molar-refractivity contribution is -0.759. The van der Waals surface area contributed by atoms with Crippen molar-refractivity contribution >= 4 is 5.78 Å². The van der Waals surface area contributed by atoms with Gasteiger partial charge in [-0.15, -0.1) is 0 Å². The second-order valence-electron chi connectivity index (χ2n) is 7.94. The van der Waals surface area contributed by atoms with Crippen LogP contribution in [0.3, 0.4) is 0 Å². The quantitative estimate of drug-likeness (QED) is 0.481. The Bertz CT molecular complexity index is 739. The first-order valence-electron chi connectivity index (χ1n) is 10.2. The van der Waals surface area contributed by atoms with Crippen molar-refractivity contribution in [2.24, 2.45) is 11.8 Å². The van der Waals surface area contributed by atoms with E-state index in [0.717, 1.165) is 57.5 Å². The smallest absolute Gasteiger partial charge is 0.255 e. The van der Waals surface area contributed by atoms with Crippen molar-refractivity contribution in [3.63, 3.8) is 0 Å². The number of rotatable bonds is 9. The zero-order chi connectivity index (χ0) is 19.9. The number of nitrogens with zero attached hydrogens (tertiary/aromatic N) is 4. The topological polar surface area (TPSA) is 76.5 Å². The van der Waals surface area contributed by atoms with Gasteiger partial charge < -0.3 is 9.63 Å². The van der Waals surface area contributed by atoms with Gasteiger partial charge in [0.05, 0.1) is 13.1 Å². The number of Topliss-reactive ketones (excluding diaryl/α,β-unsaturated/α-hetero) is 1. The van der Waals surface area contributed by atoms with Gasteiger partial charge in [-0.3, -0.25) is 9.69 Å². The summed E-state index contributed by atoms with van der Waals surface area (Å²) in [6.45, 7) is 8.77. The molecule has 0 N–H and O–H groups in total. The SMILES string of the molecule is CC(C)CC(CCCN1CCN([n+]2cc([O-])on2)CC1)C(=O)c1ccccc1. The van der Waals surface area contributed by atoms with Gasteiger partial charge in [-0.05, 0) is 31.7 Å². The number of carbonyl (C=O) groups is 1. The van der Waals surface area contributed by atoms with Crippen molar-refractivity contribution in [2.75, 3.05) is 37.7 Å². The minimum absolute atomic E-state index is 0.0878. The van der Waals surface area contributed by atoms with Crippen LogP contribution in [-0.2, 0) is 0 Å². The molecule has 1 aliphatic heterocycles. The summed E-state index contributed by atoms with van der Waals surface area (Å²) in [5, 5.41) is 16.8. The average Bonchev–Trinajstić information content (AvgIpc) is 3.14. The summed E-state index contributed by atoms with van der Waals surface area (Å²) in [6, 6.07) is 9.65. The molecule has 1 fully saturated rings. The molecular weight excluding hydrogens is 356 g/mol. The number of piperazine rings is 1. The van der Waals surface area contributed by atoms with E-state index >= 15 is 0 Å². The summed E-state index contributed by atoms with van der Waals surface area (Å²) in [6.07, 6.45) is 4.23. The predicted molar refractivity (Wildman–Crippen MR) is 103 cm³/mol. The Morgan fingerprint density at radius 1 is 1.21 bits per heavy atom. The second-order valence-corrected chi connectivity index (χ2v) is 7.94. The highest BCUT2D eigenvalue weighted by molar-refractivity contribution is 5.97. The van der Waals surface area contributed by atoms with E-state index in [9.17, 15) is 9.90 Å². The predicted octanol–water partition coefficient (Wildman–Crippen LogP) is 1.61. The summed E-state index contributed by atoms with van der Waals surface area (Å²) in [7, 11) is 0. The molecule has 1 atom stereocenters. The Labute approximate surface area is 166 Å². The molecular formula is C21H30N4O3. The number of aromatic nitrogens is 2. The second kappa shape index (κ2) is 9.68. The number of hydrogen-bond acceptors (Lipinski definition) is 6. The van der Waals surface area contributed by atoms with Gasteiger partial charge in [0.1, 0.15) is 5.27 Å². The molecule has 0 spiro atoms. The number of carbonyl (C=O) groups excluding carboxylic acids is 1. The minimum atomic E-state index is -0.429. The number of benzene rings is 1. The molecule has 0 bridgehead atoms. The first-order chi connectivity index (χ1) is 13.5. The molecule has 0 amide bonds. The molecule has 0 radical (unpaired) electrons. The van der Waals surface area contributed by atoms with Crippen molar-refractivity contribution in [3.8, 4) is 5.95 Å². The van der Waals surface area contributed by atoms with Crippen LogP contribution >= 0.6 is 0 Å². The van der Waals surface area contributed by atoms with E-state index in [1.807, 2.05) is 35.3 Å². The maximum atomic E-state index is 12.9. The van der Waals surface area contributed by atoms with E-state index in [1.165, 1.54) is 11.0 Å². The van der Waals surface area contributed by atoms with E-state index in [4.69, 9.17) is 0 Å². The normalized spacial score (nSPS) is 16.5. The van der Waals surface area contributed by atoms with Crippen LogP contribution in [0.1, 0.15) is 43.5 Å². The van der Waals surface area contributed by atoms with Crippen molar-refractivity contribution in [3.05, 3.63) is 42.1 Å². The third-order valence-corrected chi connectivity index (χ3v) is 5.29. The molecule has 1 saturated heterocycles. The molecule has 28 heavy (non-hydrogen) atoms. The molecule has 3 rings (SSSR count). The number of ketones is 1. The monoisotopic (exact) mass is 386 g/mol. The standard InChI is InChI=1S/C21H30N4O3/c1-17(2)15-19(21(27)18-7-4-3-5-8-18)9-6-10-23-11-13-24(14-12-23)25-16-20(26)28-22-25/h3-5,7-8,16-17,19H,6,9-15H2,1-2H3. The lowest BCUT2D eigenvalue weighted by Gasteiger charge is -2.30. The van der Waals surface area contributed by atoms with Gasteiger partial charge in [-0.25, -0.2) is 0 Å². The highest BCUT2D eigenvalue weighted by Gasteiger charge is 2.25. The summed E-state index contributed by atoms with van der Waals surface area (Å²) >= 11 is 0. The zero-order valence-electron chi connectivity index (χ0n) is 16.8. The van der Waals surface area contributed by atoms with E-state index in [2.05, 4.69) is 28.5 Å². The van der Waals surface area contributed by atoms with E-state index < -0.39 is 5.95 Å². The van der Waals surface area contributed by atoms with E-state index in [0.29, 0.717) is 5.92 Å². The Kier molecular flexibility index (Phi) is 7.03. The highest BCUT2D eigenvalue weighted by atomic mass is 16.6. The molecule has 2 aromatic rings. The fourth-order valence-corrected chi connectivity index (χ4v) is 3.85. The molecule has 7 heteroatoms. The summed E-state index contributed by atoms with van der Waals surface area (Å²) < 4.78 is 4.60. The van der Waals surface area contributed by atoms with Gasteiger partial charge in [-0.1, -0.05) is 44.2 Å². The van der Waals surface area contributed by atoms with Gasteiger partial charge >= 0.3 is 0 Å². The highest BCUT2D eigenvalue weighted by Crippen LogP contribution is 2.22. The van der Waals surface area contributed by atoms with Crippen LogP contribution in [0.25, 0.3) is 0 Å². The molecule has 1 aliphatic rings. The molecule has 1 aromatic carbocycles. The molecule has 0 saturated carbocycles. The largest absolute Gasteiger partial charge is 0.539 e. The zero-order valence-corrected chi connectivity index (χ0v) is 16.8. The molecule has 152 valence electrons. The van der Waals surface area contributed by atoms with Gasteiger partial charge in [-0.2, -0.15) is 5.01 Å². The molecule has 2 heterocycles. The van der Waals surface area contributed by atoms with Crippen LogP contribution in [0, 0.1) is 11.8 Å². The average molecular weight is 386 g/mol. The summed E-state index contributed by atoms with van der Waals surface area (Å²) in [4.78, 5) is 16.8. The fourth-order valence-electron chi connectivity index (χ4n) is 3.85. The van der Waals surface area contributed by atoms with Crippen LogP contribution in [0.15, 0.2) is 41.1 Å². The molecule has 1 aromatic heterocycles. The van der Waals surface area contributed by atoms with E-state index in [1.54, 1.807) is 0 Å². The third-order valence-electron chi connectivity index (χ3n) is 5.29. The maximum absolute atomic E-state index is 12.9. The van der Waals surface area contributed by atoms with Crippen molar-refractivity contribution < 1.29 is 19.2 Å². The summed E-state index contributed by atoms with van der Waals surface area (Å²) in [5.41, 5.74) is 0.823. The van der Waals surface area contributed by atoms with Crippen LogP contribution in [0.5, 0.6) is 5.95 Å². The van der Waals surface area contributed by atoms with Gasteiger partial charge in [0.15, 0.2) is 11.7 Å². The third kappa shape index (κ3) is 5.55.